The van der Waals surface area contributed by atoms with Crippen molar-refractivity contribution in [3.63, 3.8) is 0 Å². The van der Waals surface area contributed by atoms with Gasteiger partial charge in [0.25, 0.3) is 0 Å². The number of nitrogens with zero attached hydrogens (tertiary/aromatic N) is 2. The summed E-state index contributed by atoms with van der Waals surface area (Å²) in [6, 6.07) is 13.6. The van der Waals surface area contributed by atoms with Gasteiger partial charge in [0.05, 0.1) is 17.1 Å². The monoisotopic (exact) mass is 323 g/mol. The Morgan fingerprint density at radius 2 is 1.87 bits per heavy atom. The van der Waals surface area contributed by atoms with Crippen LogP contribution in [-0.2, 0) is 17.6 Å². The molecule has 1 N–H and O–H groups in total. The van der Waals surface area contributed by atoms with Gasteiger partial charge in [0.1, 0.15) is 0 Å². The zero-order chi connectivity index (χ0) is 15.9. The number of thiazole rings is 1. The molecule has 1 aromatic carbocycles. The molecule has 23 heavy (non-hydrogen) atoms. The number of amides is 1. The van der Waals surface area contributed by atoms with Gasteiger partial charge in [-0.15, -0.1) is 11.3 Å². The largest absolute Gasteiger partial charge is 0.355 e. The number of benzene rings is 1. The minimum atomic E-state index is 0.0436. The topological polar surface area (TPSA) is 54.9 Å². The van der Waals surface area contributed by atoms with Crippen LogP contribution in [-0.4, -0.2) is 22.4 Å². The highest BCUT2D eigenvalue weighted by Crippen LogP contribution is 2.21. The molecule has 0 saturated heterocycles. The highest BCUT2D eigenvalue weighted by molar-refractivity contribution is 7.09. The molecule has 0 aliphatic heterocycles. The lowest BCUT2D eigenvalue weighted by Gasteiger charge is -2.04. The molecule has 0 unspecified atom stereocenters. The SMILES string of the molecule is O=C(Cc1ccccc1)NCCc1nc(-c2ccncc2)cs1. The van der Waals surface area contributed by atoms with Crippen LogP contribution in [0.15, 0.2) is 60.2 Å². The Morgan fingerprint density at radius 3 is 2.65 bits per heavy atom. The first-order valence-electron chi connectivity index (χ1n) is 7.47. The van der Waals surface area contributed by atoms with Crippen LogP contribution in [0.4, 0.5) is 0 Å². The summed E-state index contributed by atoms with van der Waals surface area (Å²) < 4.78 is 0. The van der Waals surface area contributed by atoms with Gasteiger partial charge in [-0.3, -0.25) is 9.78 Å². The van der Waals surface area contributed by atoms with E-state index in [1.807, 2.05) is 47.8 Å². The predicted octanol–water partition coefficient (Wildman–Crippen LogP) is 3.11. The second kappa shape index (κ2) is 7.65. The molecule has 0 fully saturated rings. The minimum Gasteiger partial charge on any atom is -0.355 e. The van der Waals surface area contributed by atoms with Crippen molar-refractivity contribution >= 4 is 17.2 Å². The van der Waals surface area contributed by atoms with Gasteiger partial charge in [-0.05, 0) is 17.7 Å². The summed E-state index contributed by atoms with van der Waals surface area (Å²) in [5, 5.41) is 6.01. The van der Waals surface area contributed by atoms with E-state index in [1.165, 1.54) is 0 Å². The Morgan fingerprint density at radius 1 is 1.09 bits per heavy atom. The van der Waals surface area contributed by atoms with E-state index in [0.717, 1.165) is 28.2 Å². The average molecular weight is 323 g/mol. The predicted molar refractivity (Wildman–Crippen MR) is 92.2 cm³/mol. The number of hydrogen-bond acceptors (Lipinski definition) is 4. The smallest absolute Gasteiger partial charge is 0.224 e. The Kier molecular flexibility index (Phi) is 5.11. The summed E-state index contributed by atoms with van der Waals surface area (Å²) in [6.45, 7) is 0.606. The number of aromatic nitrogens is 2. The lowest BCUT2D eigenvalue weighted by Crippen LogP contribution is -2.27. The molecule has 3 rings (SSSR count). The van der Waals surface area contributed by atoms with Gasteiger partial charge in [0.2, 0.25) is 5.91 Å². The van der Waals surface area contributed by atoms with Crippen LogP contribution in [0.5, 0.6) is 0 Å². The molecule has 3 aromatic rings. The maximum absolute atomic E-state index is 11.9. The van der Waals surface area contributed by atoms with Crippen LogP contribution < -0.4 is 5.32 Å². The normalized spacial score (nSPS) is 10.4. The molecule has 0 aliphatic rings. The number of nitrogens with one attached hydrogen (secondary N) is 1. The van der Waals surface area contributed by atoms with E-state index in [0.29, 0.717) is 13.0 Å². The number of pyridine rings is 1. The van der Waals surface area contributed by atoms with Crippen LogP contribution in [0.1, 0.15) is 10.6 Å². The summed E-state index contributed by atoms with van der Waals surface area (Å²) in [5.41, 5.74) is 3.05. The van der Waals surface area contributed by atoms with Crippen LogP contribution in [0.3, 0.4) is 0 Å². The third-order valence-electron chi connectivity index (χ3n) is 3.40. The third-order valence-corrected chi connectivity index (χ3v) is 4.30. The highest BCUT2D eigenvalue weighted by Gasteiger charge is 2.06. The summed E-state index contributed by atoms with van der Waals surface area (Å²) >= 11 is 1.62. The van der Waals surface area contributed by atoms with E-state index >= 15 is 0 Å². The third kappa shape index (κ3) is 4.47. The molecule has 1 amide bonds. The fourth-order valence-corrected chi connectivity index (χ4v) is 3.04. The van der Waals surface area contributed by atoms with Crippen molar-refractivity contribution in [2.45, 2.75) is 12.8 Å². The Hall–Kier alpha value is -2.53. The van der Waals surface area contributed by atoms with Gasteiger partial charge in [-0.1, -0.05) is 30.3 Å². The summed E-state index contributed by atoms with van der Waals surface area (Å²) in [5.74, 6) is 0.0436. The molecule has 5 heteroatoms. The Balaban J connectivity index is 1.48. The van der Waals surface area contributed by atoms with Gasteiger partial charge in [0.15, 0.2) is 0 Å². The van der Waals surface area contributed by atoms with Crippen molar-refractivity contribution in [2.24, 2.45) is 0 Å². The molecule has 4 nitrogen and oxygen atoms in total. The fraction of sp³-hybridized carbons (Fsp3) is 0.167. The van der Waals surface area contributed by atoms with Crippen LogP contribution >= 0.6 is 11.3 Å². The molecular formula is C18H17N3OS. The zero-order valence-corrected chi connectivity index (χ0v) is 13.4. The second-order valence-corrected chi connectivity index (χ2v) is 6.07. The minimum absolute atomic E-state index is 0.0436. The molecule has 2 aromatic heterocycles. The molecule has 0 bridgehead atoms. The van der Waals surface area contributed by atoms with Crippen molar-refractivity contribution in [1.29, 1.82) is 0 Å². The lowest BCUT2D eigenvalue weighted by molar-refractivity contribution is -0.120. The van der Waals surface area contributed by atoms with E-state index in [4.69, 9.17) is 0 Å². The number of rotatable bonds is 6. The van der Waals surface area contributed by atoms with Crippen molar-refractivity contribution in [3.05, 3.63) is 70.8 Å². The van der Waals surface area contributed by atoms with Crippen molar-refractivity contribution in [3.8, 4) is 11.3 Å². The van der Waals surface area contributed by atoms with Gasteiger partial charge >= 0.3 is 0 Å². The number of carbonyl (C=O) groups excluding carboxylic acids is 1. The summed E-state index contributed by atoms with van der Waals surface area (Å²) in [4.78, 5) is 20.5. The standard InChI is InChI=1S/C18H17N3OS/c22-17(12-14-4-2-1-3-5-14)20-11-8-18-21-16(13-23-18)15-6-9-19-10-7-15/h1-7,9-10,13H,8,11-12H2,(H,20,22). The molecule has 0 aliphatic carbocycles. The van der Waals surface area contributed by atoms with Crippen LogP contribution in [0.2, 0.25) is 0 Å². The first kappa shape index (κ1) is 15.4. The van der Waals surface area contributed by atoms with Crippen LogP contribution in [0, 0.1) is 0 Å². The Labute approximate surface area is 139 Å². The van der Waals surface area contributed by atoms with Crippen LogP contribution in [0.25, 0.3) is 11.3 Å². The first-order valence-corrected chi connectivity index (χ1v) is 8.34. The molecular weight excluding hydrogens is 306 g/mol. The summed E-state index contributed by atoms with van der Waals surface area (Å²) in [6.07, 6.45) is 4.69. The lowest BCUT2D eigenvalue weighted by atomic mass is 10.1. The maximum Gasteiger partial charge on any atom is 0.224 e. The maximum atomic E-state index is 11.9. The molecule has 116 valence electrons. The van der Waals surface area contributed by atoms with Gasteiger partial charge in [0, 0.05) is 36.3 Å². The van der Waals surface area contributed by atoms with Gasteiger partial charge in [-0.25, -0.2) is 4.98 Å². The molecule has 0 saturated carbocycles. The Bertz CT molecular complexity index is 756. The van der Waals surface area contributed by atoms with E-state index in [-0.39, 0.29) is 5.91 Å². The first-order chi connectivity index (χ1) is 11.3. The average Bonchev–Trinajstić information content (AvgIpc) is 3.05. The molecule has 0 radical (unpaired) electrons. The summed E-state index contributed by atoms with van der Waals surface area (Å²) in [7, 11) is 0. The van der Waals surface area contributed by atoms with Gasteiger partial charge in [-0.2, -0.15) is 0 Å². The van der Waals surface area contributed by atoms with Gasteiger partial charge < -0.3 is 5.32 Å². The van der Waals surface area contributed by atoms with Crippen molar-refractivity contribution < 1.29 is 4.79 Å². The van der Waals surface area contributed by atoms with E-state index in [9.17, 15) is 4.79 Å². The van der Waals surface area contributed by atoms with E-state index < -0.39 is 0 Å². The van der Waals surface area contributed by atoms with E-state index in [2.05, 4.69) is 15.3 Å². The second-order valence-electron chi connectivity index (χ2n) is 5.12. The molecule has 2 heterocycles. The molecule has 0 spiro atoms. The van der Waals surface area contributed by atoms with Crippen molar-refractivity contribution in [1.82, 2.24) is 15.3 Å². The number of hydrogen-bond donors (Lipinski definition) is 1. The quantitative estimate of drug-likeness (QED) is 0.758. The molecule has 0 atom stereocenters. The highest BCUT2D eigenvalue weighted by atomic mass is 32.1. The van der Waals surface area contributed by atoms with Crippen molar-refractivity contribution in [2.75, 3.05) is 6.54 Å². The fourth-order valence-electron chi connectivity index (χ4n) is 2.23. The number of carbonyl (C=O) groups is 1. The zero-order valence-electron chi connectivity index (χ0n) is 12.6. The van der Waals surface area contributed by atoms with E-state index in [1.54, 1.807) is 23.7 Å².